The van der Waals surface area contributed by atoms with E-state index in [1.165, 1.54) is 0 Å². The molecule has 2 N–H and O–H groups in total. The van der Waals surface area contributed by atoms with Gasteiger partial charge in [-0.25, -0.2) is 0 Å². The summed E-state index contributed by atoms with van der Waals surface area (Å²) in [5, 5.41) is 18.6. The Morgan fingerprint density at radius 2 is 1.02 bits per heavy atom. The Morgan fingerprint density at radius 1 is 0.558 bits per heavy atom. The average molecular weight is 742 g/mol. The van der Waals surface area contributed by atoms with E-state index in [-0.39, 0.29) is 31.1 Å². The highest BCUT2D eigenvalue weighted by molar-refractivity contribution is 5.77. The van der Waals surface area contributed by atoms with Crippen molar-refractivity contribution in [3.05, 3.63) is 0 Å². The van der Waals surface area contributed by atoms with Crippen molar-refractivity contribution in [2.24, 2.45) is 11.8 Å². The Labute approximate surface area is 315 Å². The van der Waals surface area contributed by atoms with Gasteiger partial charge in [-0.3, -0.25) is 24.0 Å². The van der Waals surface area contributed by atoms with Gasteiger partial charge in [-0.15, -0.1) is 0 Å². The monoisotopic (exact) mass is 742 g/mol. The standard InChI is InChI=1S/C41H75NO10/c1-7-11-15-17-22-33(20-13-9-3)30-41(52-40(49)28-26-37(45)46,31-34(21-14-10-4)23-18-16-12-8-2)35(32-50-38(47)27-25-36(43)44)51-39(48)24-19-29-42(5)6/h33-35H,7-32H2,1-6H3,(H,43,44)(H,45,46). The van der Waals surface area contributed by atoms with Crippen LogP contribution >= 0.6 is 0 Å². The number of hydrogen-bond acceptors (Lipinski definition) is 9. The number of ether oxygens (including phenoxy) is 3. The zero-order valence-corrected chi connectivity index (χ0v) is 33.7. The molecule has 0 radical (unpaired) electrons. The molecule has 0 aliphatic rings. The highest BCUT2D eigenvalue weighted by Gasteiger charge is 2.48. The molecule has 11 heteroatoms. The number of unbranched alkanes of at least 4 members (excludes halogenated alkanes) is 8. The van der Waals surface area contributed by atoms with Gasteiger partial charge in [0.2, 0.25) is 0 Å². The summed E-state index contributed by atoms with van der Waals surface area (Å²) in [6.07, 6.45) is 14.8. The van der Waals surface area contributed by atoms with Crippen molar-refractivity contribution in [1.29, 1.82) is 0 Å². The lowest BCUT2D eigenvalue weighted by Gasteiger charge is -2.43. The van der Waals surface area contributed by atoms with E-state index in [9.17, 15) is 29.1 Å². The van der Waals surface area contributed by atoms with Gasteiger partial charge in [-0.1, -0.05) is 130 Å². The van der Waals surface area contributed by atoms with E-state index in [0.717, 1.165) is 103 Å². The molecule has 0 aliphatic carbocycles. The fraction of sp³-hybridized carbons (Fsp3) is 0.878. The smallest absolute Gasteiger partial charge is 0.307 e. The van der Waals surface area contributed by atoms with Crippen LogP contribution in [0, 0.1) is 11.8 Å². The van der Waals surface area contributed by atoms with Crippen LogP contribution in [0.15, 0.2) is 0 Å². The van der Waals surface area contributed by atoms with Gasteiger partial charge in [0.15, 0.2) is 11.7 Å². The Bertz CT molecular complexity index is 959. The van der Waals surface area contributed by atoms with Gasteiger partial charge in [0, 0.05) is 6.42 Å². The van der Waals surface area contributed by atoms with Gasteiger partial charge in [0.25, 0.3) is 0 Å². The van der Waals surface area contributed by atoms with Crippen LogP contribution in [0.4, 0.5) is 0 Å². The number of carbonyl (C=O) groups is 5. The summed E-state index contributed by atoms with van der Waals surface area (Å²) in [7, 11) is 3.83. The summed E-state index contributed by atoms with van der Waals surface area (Å²) in [6.45, 7) is 8.88. The first-order valence-electron chi connectivity index (χ1n) is 20.5. The predicted molar refractivity (Wildman–Crippen MR) is 204 cm³/mol. The maximum atomic E-state index is 13.7. The van der Waals surface area contributed by atoms with Crippen molar-refractivity contribution in [2.75, 3.05) is 27.2 Å². The van der Waals surface area contributed by atoms with Crippen molar-refractivity contribution in [1.82, 2.24) is 4.90 Å². The lowest BCUT2D eigenvalue weighted by Crippen LogP contribution is -2.53. The van der Waals surface area contributed by atoms with Crippen LogP contribution in [0.1, 0.15) is 182 Å². The van der Waals surface area contributed by atoms with Gasteiger partial charge in [0.1, 0.15) is 6.61 Å². The number of carbonyl (C=O) groups excluding carboxylic acids is 3. The molecule has 0 saturated carbocycles. The molecule has 0 aromatic heterocycles. The Hall–Kier alpha value is -2.69. The van der Waals surface area contributed by atoms with E-state index in [2.05, 4.69) is 27.7 Å². The summed E-state index contributed by atoms with van der Waals surface area (Å²) >= 11 is 0. The fourth-order valence-electron chi connectivity index (χ4n) is 6.86. The molecule has 0 saturated heterocycles. The average Bonchev–Trinajstić information content (AvgIpc) is 3.09. The van der Waals surface area contributed by atoms with Gasteiger partial charge in [-0.05, 0) is 51.7 Å². The van der Waals surface area contributed by atoms with E-state index in [1.54, 1.807) is 0 Å². The lowest BCUT2D eigenvalue weighted by molar-refractivity contribution is -0.203. The summed E-state index contributed by atoms with van der Waals surface area (Å²) < 4.78 is 18.4. The number of hydrogen-bond donors (Lipinski definition) is 2. The van der Waals surface area contributed by atoms with Gasteiger partial charge >= 0.3 is 29.8 Å². The minimum Gasteiger partial charge on any atom is -0.481 e. The molecule has 11 nitrogen and oxygen atoms in total. The van der Waals surface area contributed by atoms with Crippen LogP contribution in [0.25, 0.3) is 0 Å². The molecule has 52 heavy (non-hydrogen) atoms. The van der Waals surface area contributed by atoms with Crippen molar-refractivity contribution >= 4 is 29.8 Å². The first-order valence-corrected chi connectivity index (χ1v) is 20.5. The molecule has 0 aliphatic heterocycles. The third-order valence-electron chi connectivity index (χ3n) is 9.78. The van der Waals surface area contributed by atoms with Crippen molar-refractivity contribution < 1.29 is 48.4 Å². The summed E-state index contributed by atoms with van der Waals surface area (Å²) in [5.41, 5.74) is -1.38. The predicted octanol–water partition coefficient (Wildman–Crippen LogP) is 9.13. The third-order valence-corrected chi connectivity index (χ3v) is 9.78. The first kappa shape index (κ1) is 49.3. The molecule has 0 spiro atoms. The SMILES string of the molecule is CCCCCCC(CCCC)CC(CC(CCCC)CCCCCC)(OC(=O)CCC(=O)O)C(COC(=O)CCC(=O)O)OC(=O)CCCN(C)C. The molecule has 0 aromatic carbocycles. The van der Waals surface area contributed by atoms with Crippen LogP contribution in [0.2, 0.25) is 0 Å². The molecule has 3 atom stereocenters. The molecule has 0 bridgehead atoms. The minimum atomic E-state index is -1.38. The van der Waals surface area contributed by atoms with Crippen LogP contribution < -0.4 is 0 Å². The van der Waals surface area contributed by atoms with E-state index in [0.29, 0.717) is 25.8 Å². The Balaban J connectivity index is 7.27. The third kappa shape index (κ3) is 25.3. The number of aliphatic carboxylic acids is 2. The van der Waals surface area contributed by atoms with Crippen molar-refractivity contribution in [3.8, 4) is 0 Å². The number of carboxylic acid groups (broad SMARTS) is 2. The summed E-state index contributed by atoms with van der Waals surface area (Å²) in [4.78, 5) is 64.8. The van der Waals surface area contributed by atoms with Crippen molar-refractivity contribution in [3.63, 3.8) is 0 Å². The second kappa shape index (κ2) is 30.7. The molecular formula is C41H75NO10. The molecular weight excluding hydrogens is 666 g/mol. The quantitative estimate of drug-likeness (QED) is 0.0363. The molecule has 0 amide bonds. The number of nitrogens with zero attached hydrogens (tertiary/aromatic N) is 1. The lowest BCUT2D eigenvalue weighted by atomic mass is 9.74. The zero-order chi connectivity index (χ0) is 39.2. The number of rotatable bonds is 35. The van der Waals surface area contributed by atoms with Gasteiger partial charge in [0.05, 0.1) is 25.7 Å². The number of esters is 3. The van der Waals surface area contributed by atoms with Crippen LogP contribution in [-0.2, 0) is 38.2 Å². The Kier molecular flexibility index (Phi) is 29.1. The van der Waals surface area contributed by atoms with E-state index in [1.807, 2.05) is 19.0 Å². The van der Waals surface area contributed by atoms with Crippen molar-refractivity contribution in [2.45, 2.75) is 193 Å². The molecule has 3 unspecified atom stereocenters. The zero-order valence-electron chi connectivity index (χ0n) is 33.7. The van der Waals surface area contributed by atoms with Crippen LogP contribution in [0.3, 0.4) is 0 Å². The fourth-order valence-corrected chi connectivity index (χ4v) is 6.86. The maximum absolute atomic E-state index is 13.7. The maximum Gasteiger partial charge on any atom is 0.307 e. The highest BCUT2D eigenvalue weighted by Crippen LogP contribution is 2.41. The minimum absolute atomic E-state index is 0.108. The largest absolute Gasteiger partial charge is 0.481 e. The Morgan fingerprint density at radius 3 is 1.46 bits per heavy atom. The van der Waals surface area contributed by atoms with Gasteiger partial charge in [-0.2, -0.15) is 0 Å². The second-order valence-electron chi connectivity index (χ2n) is 15.0. The highest BCUT2D eigenvalue weighted by atomic mass is 16.6. The van der Waals surface area contributed by atoms with Crippen LogP contribution in [-0.4, -0.2) is 83.9 Å². The normalized spacial score (nSPS) is 14.3. The van der Waals surface area contributed by atoms with E-state index >= 15 is 0 Å². The van der Waals surface area contributed by atoms with E-state index in [4.69, 9.17) is 19.3 Å². The number of carboxylic acids is 2. The molecule has 0 fully saturated rings. The molecule has 0 heterocycles. The summed E-state index contributed by atoms with van der Waals surface area (Å²) in [5.74, 6) is -3.94. The molecule has 0 aromatic rings. The molecule has 0 rings (SSSR count). The van der Waals surface area contributed by atoms with Crippen LogP contribution in [0.5, 0.6) is 0 Å². The van der Waals surface area contributed by atoms with Gasteiger partial charge < -0.3 is 29.3 Å². The first-order chi connectivity index (χ1) is 24.8. The van der Waals surface area contributed by atoms with E-state index < -0.39 is 61.0 Å². The second-order valence-corrected chi connectivity index (χ2v) is 15.0. The topological polar surface area (TPSA) is 157 Å². The summed E-state index contributed by atoms with van der Waals surface area (Å²) in [6, 6.07) is 0. The molecule has 304 valence electrons.